The monoisotopic (exact) mass is 279 g/mol. The molecule has 0 saturated carbocycles. The maximum Gasteiger partial charge on any atom is 0.254 e. The van der Waals surface area contributed by atoms with E-state index < -0.39 is 56.4 Å². The molecule has 0 aromatic rings. The summed E-state index contributed by atoms with van der Waals surface area (Å²) in [6, 6.07) is 0. The molecule has 10 nitrogen and oxygen atoms in total. The summed E-state index contributed by atoms with van der Waals surface area (Å²) in [5.41, 5.74) is 2.40. The number of amides is 3. The fourth-order valence-electron chi connectivity index (χ4n) is 1.31. The summed E-state index contributed by atoms with van der Waals surface area (Å²) >= 11 is 0. The van der Waals surface area contributed by atoms with Crippen LogP contribution in [0.4, 0.5) is 0 Å². The lowest BCUT2D eigenvalue weighted by molar-refractivity contribution is -0.156. The van der Waals surface area contributed by atoms with E-state index >= 15 is 0 Å². The van der Waals surface area contributed by atoms with Crippen LogP contribution in [0, 0.1) is 0 Å². The van der Waals surface area contributed by atoms with Gasteiger partial charge in [0.1, 0.15) is 20.2 Å². The van der Waals surface area contributed by atoms with Crippen LogP contribution < -0.4 is 11.1 Å². The largest absolute Gasteiger partial charge is 0.379 e. The Kier molecular flexibility index (Phi) is 6.93. The summed E-state index contributed by atoms with van der Waals surface area (Å²) in [6.45, 7) is -2.47. The summed E-state index contributed by atoms with van der Waals surface area (Å²) in [4.78, 5) is 34.4. The third kappa shape index (κ3) is 5.18. The van der Waals surface area contributed by atoms with Crippen molar-refractivity contribution in [3.05, 3.63) is 0 Å². The molecule has 0 fully saturated rings. The average molecular weight is 279 g/mol. The zero-order chi connectivity index (χ0) is 15.1. The van der Waals surface area contributed by atoms with E-state index in [1.165, 1.54) is 0 Å². The van der Waals surface area contributed by atoms with Gasteiger partial charge in [-0.1, -0.05) is 0 Å². The number of nitrogens with one attached hydrogen (secondary N) is 1. The lowest BCUT2D eigenvalue weighted by atomic mass is 9.93. The summed E-state index contributed by atoms with van der Waals surface area (Å²) in [6.07, 6.45) is -1.74. The van der Waals surface area contributed by atoms with Gasteiger partial charge in [-0.15, -0.1) is 0 Å². The van der Waals surface area contributed by atoms with Gasteiger partial charge in [-0.05, 0) is 0 Å². The molecule has 0 aliphatic carbocycles. The predicted molar refractivity (Wildman–Crippen MR) is 59.6 cm³/mol. The minimum atomic E-state index is -2.46. The van der Waals surface area contributed by atoms with Gasteiger partial charge in [0.25, 0.3) is 5.91 Å². The number of rotatable bonds is 8. The van der Waals surface area contributed by atoms with Crippen LogP contribution in [0.2, 0.25) is 0 Å². The van der Waals surface area contributed by atoms with Gasteiger partial charge in [-0.2, -0.15) is 0 Å². The normalized spacial score (nSPS) is 13.5. The number of carbonyl (C=O) groups is 3. The highest BCUT2D eigenvalue weighted by molar-refractivity contribution is 5.94. The van der Waals surface area contributed by atoms with Crippen molar-refractivity contribution in [1.29, 1.82) is 0 Å². The van der Waals surface area contributed by atoms with Crippen molar-refractivity contribution in [3.8, 4) is 0 Å². The van der Waals surface area contributed by atoms with E-state index in [1.54, 1.807) is 0 Å². The summed E-state index contributed by atoms with van der Waals surface area (Å²) < 4.78 is 0. The molecule has 0 heterocycles. The van der Waals surface area contributed by atoms with Gasteiger partial charge in [0, 0.05) is 0 Å². The predicted octanol–water partition coefficient (Wildman–Crippen LogP) is -4.22. The number of primary amides is 1. The lowest BCUT2D eigenvalue weighted by Gasteiger charge is -2.27. The minimum absolute atomic E-state index is 0.526. The number of carbonyl (C=O) groups excluding carboxylic acids is 3. The first-order valence-electron chi connectivity index (χ1n) is 5.20. The van der Waals surface area contributed by atoms with Crippen LogP contribution in [0.5, 0.6) is 0 Å². The second-order valence-electron chi connectivity index (χ2n) is 3.73. The number of hydrogen-bond donors (Lipinski definition) is 6. The van der Waals surface area contributed by atoms with Crippen molar-refractivity contribution in [2.24, 2.45) is 5.73 Å². The molecular weight excluding hydrogens is 262 g/mol. The van der Waals surface area contributed by atoms with Crippen LogP contribution in [-0.4, -0.2) is 68.8 Å². The molecule has 0 spiro atoms. The van der Waals surface area contributed by atoms with Gasteiger partial charge in [0.2, 0.25) is 11.8 Å². The zero-order valence-corrected chi connectivity index (χ0v) is 10.1. The molecule has 0 rings (SSSR count). The molecule has 0 bridgehead atoms. The van der Waals surface area contributed by atoms with E-state index in [-0.39, 0.29) is 0 Å². The minimum Gasteiger partial charge on any atom is -0.379 e. The smallest absolute Gasteiger partial charge is 0.254 e. The molecule has 10 heteroatoms. The van der Waals surface area contributed by atoms with E-state index in [2.05, 4.69) is 0 Å². The number of aliphatic hydroxyl groups is 4. The Bertz CT molecular complexity index is 345. The van der Waals surface area contributed by atoms with Crippen LogP contribution in [0.25, 0.3) is 0 Å². The Balaban J connectivity index is 4.99. The molecule has 1 unspecified atom stereocenters. The van der Waals surface area contributed by atoms with Crippen molar-refractivity contribution in [2.45, 2.75) is 18.4 Å². The fraction of sp³-hybridized carbons (Fsp3) is 0.667. The highest BCUT2D eigenvalue weighted by Crippen LogP contribution is 2.17. The first-order valence-corrected chi connectivity index (χ1v) is 5.20. The number of nitrogens with zero attached hydrogens (tertiary/aromatic N) is 1. The molecule has 0 radical (unpaired) electrons. The van der Waals surface area contributed by atoms with Crippen molar-refractivity contribution in [3.63, 3.8) is 0 Å². The van der Waals surface area contributed by atoms with E-state index in [0.717, 1.165) is 0 Å². The lowest BCUT2D eigenvalue weighted by Crippen LogP contribution is -2.52. The molecule has 19 heavy (non-hydrogen) atoms. The summed E-state index contributed by atoms with van der Waals surface area (Å²) in [7, 11) is 0. The maximum absolute atomic E-state index is 11.6. The Morgan fingerprint density at radius 3 is 2.00 bits per heavy atom. The molecule has 0 aliphatic heterocycles. The van der Waals surface area contributed by atoms with Crippen LogP contribution >= 0.6 is 0 Å². The van der Waals surface area contributed by atoms with Crippen molar-refractivity contribution in [1.82, 2.24) is 10.2 Å². The van der Waals surface area contributed by atoms with Gasteiger partial charge in [0.05, 0.1) is 12.8 Å². The third-order valence-corrected chi connectivity index (χ3v) is 2.27. The molecular formula is C9H17N3O7. The number of hydrogen-bond acceptors (Lipinski definition) is 7. The Labute approximate surface area is 108 Å². The first kappa shape index (κ1) is 17.2. The van der Waals surface area contributed by atoms with Gasteiger partial charge in [-0.3, -0.25) is 19.3 Å². The second kappa shape index (κ2) is 7.63. The fourth-order valence-corrected chi connectivity index (χ4v) is 1.31. The molecule has 110 valence electrons. The van der Waals surface area contributed by atoms with Gasteiger partial charge >= 0.3 is 0 Å². The van der Waals surface area contributed by atoms with Crippen LogP contribution in [0.1, 0.15) is 12.8 Å². The zero-order valence-electron chi connectivity index (χ0n) is 10.1. The van der Waals surface area contributed by atoms with E-state index in [0.29, 0.717) is 4.90 Å². The van der Waals surface area contributed by atoms with E-state index in [1.807, 2.05) is 5.32 Å². The van der Waals surface area contributed by atoms with Crippen LogP contribution in [0.3, 0.4) is 0 Å². The van der Waals surface area contributed by atoms with Crippen molar-refractivity contribution >= 4 is 17.7 Å². The summed E-state index contributed by atoms with van der Waals surface area (Å²) in [5, 5.41) is 37.8. The molecule has 1 atom stereocenters. The van der Waals surface area contributed by atoms with E-state index in [4.69, 9.17) is 21.1 Å². The molecule has 7 N–H and O–H groups in total. The Morgan fingerprint density at radius 1 is 1.11 bits per heavy atom. The SMILES string of the molecule is NC(=O)CC(O)(CC(=O)N(CO)CO)C(=O)NCO. The van der Waals surface area contributed by atoms with Crippen LogP contribution in [-0.2, 0) is 14.4 Å². The molecule has 0 aromatic carbocycles. The molecule has 0 aliphatic rings. The van der Waals surface area contributed by atoms with Gasteiger partial charge in [0.15, 0.2) is 5.60 Å². The van der Waals surface area contributed by atoms with Gasteiger partial charge in [-0.25, -0.2) is 0 Å². The molecule has 3 amide bonds. The molecule has 0 saturated heterocycles. The highest BCUT2D eigenvalue weighted by atomic mass is 16.3. The Morgan fingerprint density at radius 2 is 1.63 bits per heavy atom. The third-order valence-electron chi connectivity index (χ3n) is 2.27. The summed E-state index contributed by atoms with van der Waals surface area (Å²) in [5.74, 6) is -3.18. The maximum atomic E-state index is 11.6. The number of aliphatic hydroxyl groups excluding tert-OH is 3. The highest BCUT2D eigenvalue weighted by Gasteiger charge is 2.40. The van der Waals surface area contributed by atoms with Crippen LogP contribution in [0.15, 0.2) is 0 Å². The Hall–Kier alpha value is -1.75. The number of nitrogens with two attached hydrogens (primary N) is 1. The average Bonchev–Trinajstić information content (AvgIpc) is 2.29. The quantitative estimate of drug-likeness (QED) is 0.244. The molecule has 0 aromatic heterocycles. The van der Waals surface area contributed by atoms with Crippen molar-refractivity contribution in [2.75, 3.05) is 20.2 Å². The first-order chi connectivity index (χ1) is 8.80. The topological polar surface area (TPSA) is 173 Å². The van der Waals surface area contributed by atoms with Crippen molar-refractivity contribution < 1.29 is 34.8 Å². The standard InChI is InChI=1S/C9H17N3O7/c10-6(16)1-9(19,8(18)11-3-13)2-7(17)12(4-14)5-15/h13-15,19H,1-5H2,(H2,10,16)(H,11,18). The second-order valence-corrected chi connectivity index (χ2v) is 3.73. The van der Waals surface area contributed by atoms with E-state index in [9.17, 15) is 19.5 Å². The van der Waals surface area contributed by atoms with Gasteiger partial charge < -0.3 is 31.5 Å².